The zero-order valence-corrected chi connectivity index (χ0v) is 4.76. The summed E-state index contributed by atoms with van der Waals surface area (Å²) in [5.41, 5.74) is 0. The van der Waals surface area contributed by atoms with Gasteiger partial charge < -0.3 is 4.84 Å². The minimum Gasteiger partial charge on any atom is -0.388 e. The maximum atomic E-state index is 11.2. The van der Waals surface area contributed by atoms with Crippen molar-refractivity contribution >= 4 is 12.5 Å². The summed E-state index contributed by atoms with van der Waals surface area (Å²) in [6, 6.07) is 0. The van der Waals surface area contributed by atoms with Gasteiger partial charge in [0, 0.05) is 0 Å². The van der Waals surface area contributed by atoms with Crippen LogP contribution in [0.1, 0.15) is 0 Å². The van der Waals surface area contributed by atoms with Crippen molar-refractivity contribution in [3.63, 3.8) is 0 Å². The van der Waals surface area contributed by atoms with Crippen molar-refractivity contribution in [1.29, 1.82) is 0 Å². The van der Waals surface area contributed by atoms with Gasteiger partial charge in [-0.1, -0.05) is 5.16 Å². The van der Waals surface area contributed by atoms with Crippen molar-refractivity contribution < 1.29 is 22.8 Å². The van der Waals surface area contributed by atoms with Crippen LogP contribution in [0.25, 0.3) is 0 Å². The molecule has 58 valence electrons. The van der Waals surface area contributed by atoms with E-state index in [9.17, 15) is 18.0 Å². The Bertz CT molecular complexity index is 131. The molecule has 0 atom stereocenters. The molecule has 0 aromatic carbocycles. The van der Waals surface area contributed by atoms with Gasteiger partial charge in [-0.15, -0.1) is 0 Å². The molecule has 0 rings (SSSR count). The van der Waals surface area contributed by atoms with Gasteiger partial charge in [0.15, 0.2) is 12.9 Å². The van der Waals surface area contributed by atoms with E-state index in [1.807, 2.05) is 0 Å². The molecule has 0 fully saturated rings. The summed E-state index contributed by atoms with van der Waals surface area (Å²) in [5.74, 6) is 0. The van der Waals surface area contributed by atoms with E-state index in [0.29, 0.717) is 6.29 Å². The number of halogens is 3. The van der Waals surface area contributed by atoms with Gasteiger partial charge >= 0.3 is 6.18 Å². The van der Waals surface area contributed by atoms with Crippen LogP contribution in [0.2, 0.25) is 0 Å². The van der Waals surface area contributed by atoms with Gasteiger partial charge in [0.25, 0.3) is 0 Å². The number of carbonyl (C=O) groups is 1. The summed E-state index contributed by atoms with van der Waals surface area (Å²) < 4.78 is 33.5. The van der Waals surface area contributed by atoms with Crippen LogP contribution in [0.4, 0.5) is 13.2 Å². The first-order chi connectivity index (χ1) is 4.56. The van der Waals surface area contributed by atoms with E-state index in [4.69, 9.17) is 0 Å². The number of oxime groups is 1. The van der Waals surface area contributed by atoms with E-state index in [1.54, 1.807) is 0 Å². The molecule has 0 aliphatic rings. The minimum atomic E-state index is -4.48. The highest BCUT2D eigenvalue weighted by Crippen LogP contribution is 2.10. The number of rotatable bonds is 3. The quantitative estimate of drug-likeness (QED) is 0.261. The van der Waals surface area contributed by atoms with E-state index in [-0.39, 0.29) is 6.21 Å². The van der Waals surface area contributed by atoms with Gasteiger partial charge in [0.05, 0.1) is 0 Å². The SMILES string of the molecule is O=CCO/N=C/C(F)(F)F. The number of nitrogens with zero attached hydrogens (tertiary/aromatic N) is 1. The largest absolute Gasteiger partial charge is 0.429 e. The van der Waals surface area contributed by atoms with E-state index >= 15 is 0 Å². The molecule has 0 bridgehead atoms. The van der Waals surface area contributed by atoms with Crippen LogP contribution in [-0.2, 0) is 9.63 Å². The first-order valence-electron chi connectivity index (χ1n) is 2.23. The zero-order valence-electron chi connectivity index (χ0n) is 4.76. The summed E-state index contributed by atoms with van der Waals surface area (Å²) in [5, 5.41) is 2.45. The Kier molecular flexibility index (Phi) is 3.45. The lowest BCUT2D eigenvalue weighted by Crippen LogP contribution is -2.08. The molecule has 0 saturated carbocycles. The molecular formula is C4H4F3NO2. The average molecular weight is 155 g/mol. The Morgan fingerprint density at radius 2 is 2.10 bits per heavy atom. The minimum absolute atomic E-state index is 0.299. The molecule has 0 aromatic rings. The number of alkyl halides is 3. The van der Waals surface area contributed by atoms with Crippen molar-refractivity contribution in [3.05, 3.63) is 0 Å². The predicted octanol–water partition coefficient (Wildman–Crippen LogP) is 0.750. The number of carbonyl (C=O) groups excluding carboxylic acids is 1. The van der Waals surface area contributed by atoms with Gasteiger partial charge in [0.2, 0.25) is 0 Å². The Morgan fingerprint density at radius 3 is 2.50 bits per heavy atom. The second kappa shape index (κ2) is 3.86. The van der Waals surface area contributed by atoms with Gasteiger partial charge in [-0.2, -0.15) is 13.2 Å². The molecule has 0 N–H and O–H groups in total. The fraction of sp³-hybridized carbons (Fsp3) is 0.500. The molecule has 0 aliphatic carbocycles. The first-order valence-corrected chi connectivity index (χ1v) is 2.23. The third-order valence-corrected chi connectivity index (χ3v) is 0.416. The van der Waals surface area contributed by atoms with E-state index in [0.717, 1.165) is 0 Å². The molecule has 0 aliphatic heterocycles. The highest BCUT2D eigenvalue weighted by molar-refractivity contribution is 5.63. The van der Waals surface area contributed by atoms with Crippen molar-refractivity contribution in [2.45, 2.75) is 6.18 Å². The molecule has 0 aromatic heterocycles. The van der Waals surface area contributed by atoms with Crippen molar-refractivity contribution in [2.75, 3.05) is 6.61 Å². The molecule has 0 spiro atoms. The normalized spacial score (nSPS) is 11.9. The van der Waals surface area contributed by atoms with Crippen molar-refractivity contribution in [2.24, 2.45) is 5.16 Å². The fourth-order valence-electron chi connectivity index (χ4n) is 0.170. The molecule has 0 heterocycles. The molecule has 0 amide bonds. The average Bonchev–Trinajstić information content (AvgIpc) is 1.78. The third kappa shape index (κ3) is 6.93. The lowest BCUT2D eigenvalue weighted by molar-refractivity contribution is -0.112. The van der Waals surface area contributed by atoms with Gasteiger partial charge in [-0.3, -0.25) is 4.79 Å². The summed E-state index contributed by atoms with van der Waals surface area (Å²) in [6.45, 7) is -0.466. The van der Waals surface area contributed by atoms with Crippen molar-refractivity contribution in [1.82, 2.24) is 0 Å². The van der Waals surface area contributed by atoms with Crippen molar-refractivity contribution in [3.8, 4) is 0 Å². The standard InChI is InChI=1S/C4H4F3NO2/c5-4(6,7)3-8-10-2-1-9/h1,3H,2H2/b8-3+. The molecule has 0 radical (unpaired) electrons. The second-order valence-corrected chi connectivity index (χ2v) is 1.24. The Morgan fingerprint density at radius 1 is 1.50 bits per heavy atom. The first kappa shape index (κ1) is 8.93. The predicted molar refractivity (Wildman–Crippen MR) is 26.6 cm³/mol. The maximum absolute atomic E-state index is 11.2. The summed E-state index contributed by atoms with van der Waals surface area (Å²) in [7, 11) is 0. The lowest BCUT2D eigenvalue weighted by atomic mass is 10.7. The highest BCUT2D eigenvalue weighted by atomic mass is 19.4. The van der Waals surface area contributed by atoms with Crippen LogP contribution in [0.3, 0.4) is 0 Å². The van der Waals surface area contributed by atoms with Gasteiger partial charge in [-0.25, -0.2) is 0 Å². The fourth-order valence-corrected chi connectivity index (χ4v) is 0.170. The molecular weight excluding hydrogens is 151 g/mol. The number of hydrogen-bond acceptors (Lipinski definition) is 3. The smallest absolute Gasteiger partial charge is 0.388 e. The molecule has 3 nitrogen and oxygen atoms in total. The molecule has 6 heteroatoms. The monoisotopic (exact) mass is 155 g/mol. The van der Waals surface area contributed by atoms with E-state index in [2.05, 4.69) is 9.99 Å². The zero-order chi connectivity index (χ0) is 8.04. The van der Waals surface area contributed by atoms with Crippen LogP contribution in [-0.4, -0.2) is 25.3 Å². The Hall–Kier alpha value is -1.07. The van der Waals surface area contributed by atoms with Crippen LogP contribution >= 0.6 is 0 Å². The van der Waals surface area contributed by atoms with Crippen LogP contribution in [0, 0.1) is 0 Å². The van der Waals surface area contributed by atoms with E-state index < -0.39 is 12.8 Å². The summed E-state index contributed by atoms with van der Waals surface area (Å²) in [4.78, 5) is 13.3. The van der Waals surface area contributed by atoms with Gasteiger partial charge in [-0.05, 0) is 0 Å². The molecule has 0 saturated heterocycles. The van der Waals surface area contributed by atoms with Crippen LogP contribution in [0.5, 0.6) is 0 Å². The lowest BCUT2D eigenvalue weighted by Gasteiger charge is -1.95. The third-order valence-electron chi connectivity index (χ3n) is 0.416. The second-order valence-electron chi connectivity index (χ2n) is 1.24. The van der Waals surface area contributed by atoms with Crippen LogP contribution < -0.4 is 0 Å². The molecule has 10 heavy (non-hydrogen) atoms. The van der Waals surface area contributed by atoms with Crippen LogP contribution in [0.15, 0.2) is 5.16 Å². The summed E-state index contributed by atoms with van der Waals surface area (Å²) in [6.07, 6.45) is -4.52. The number of aldehydes is 1. The highest BCUT2D eigenvalue weighted by Gasteiger charge is 2.24. The Balaban J connectivity index is 3.46. The van der Waals surface area contributed by atoms with Gasteiger partial charge in [0.1, 0.15) is 6.21 Å². The molecule has 0 unspecified atom stereocenters. The number of hydrogen-bond donors (Lipinski definition) is 0. The maximum Gasteiger partial charge on any atom is 0.429 e. The summed E-state index contributed by atoms with van der Waals surface area (Å²) >= 11 is 0. The topological polar surface area (TPSA) is 38.7 Å². The Labute approximate surface area is 54.5 Å². The van der Waals surface area contributed by atoms with E-state index in [1.165, 1.54) is 0 Å².